The zero-order valence-electron chi connectivity index (χ0n) is 9.00. The molecule has 0 unspecified atom stereocenters. The Balaban J connectivity index is 2.24. The van der Waals surface area contributed by atoms with Crippen LogP contribution in [0.15, 0.2) is 35.3 Å². The maximum Gasteiger partial charge on any atom is 0.261 e. The molecule has 0 saturated heterocycles. The number of nitrogens with one attached hydrogen (secondary N) is 1. The van der Waals surface area contributed by atoms with Gasteiger partial charge in [-0.2, -0.15) is 0 Å². The molecule has 1 aromatic heterocycles. The van der Waals surface area contributed by atoms with Crippen molar-refractivity contribution >= 4 is 48.9 Å². The Bertz CT molecular complexity index is 591. The molecule has 0 spiro atoms. The molecular formula is C12H11BrN2OS. The summed E-state index contributed by atoms with van der Waals surface area (Å²) < 4.78 is 1.80. The lowest BCUT2D eigenvalue weighted by atomic mass is 10.2. The van der Waals surface area contributed by atoms with Crippen LogP contribution in [0.5, 0.6) is 0 Å². The third kappa shape index (κ3) is 2.87. The number of fused-ring (bicyclic) bond motifs is 1. The van der Waals surface area contributed by atoms with Crippen LogP contribution in [-0.4, -0.2) is 12.5 Å². The number of carbonyl (C=O) groups is 1. The van der Waals surface area contributed by atoms with Crippen LogP contribution in [0.1, 0.15) is 9.67 Å². The van der Waals surface area contributed by atoms with E-state index in [0.29, 0.717) is 17.1 Å². The predicted molar refractivity (Wildman–Crippen MR) is 76.6 cm³/mol. The minimum absolute atomic E-state index is 0.0922. The fourth-order valence-corrected chi connectivity index (χ4v) is 2.54. The van der Waals surface area contributed by atoms with Crippen LogP contribution in [0.4, 0.5) is 5.69 Å². The highest BCUT2D eigenvalue weighted by Gasteiger charge is 2.09. The number of nitrogens with two attached hydrogens (primary N) is 1. The lowest BCUT2D eigenvalue weighted by Crippen LogP contribution is -2.23. The molecule has 0 aliphatic carbocycles. The smallest absolute Gasteiger partial charge is 0.261 e. The number of benzene rings is 1. The predicted octanol–water partition coefficient (Wildman–Crippen LogP) is 3.12. The Morgan fingerprint density at radius 3 is 2.94 bits per heavy atom. The van der Waals surface area contributed by atoms with Crippen LogP contribution < -0.4 is 11.1 Å². The van der Waals surface area contributed by atoms with Crippen molar-refractivity contribution in [2.24, 2.45) is 0 Å². The van der Waals surface area contributed by atoms with E-state index in [9.17, 15) is 4.79 Å². The molecule has 1 heterocycles. The quantitative estimate of drug-likeness (QED) is 0.856. The first-order valence-corrected chi connectivity index (χ1v) is 6.58. The number of amides is 1. The molecule has 1 amide bonds. The van der Waals surface area contributed by atoms with Crippen molar-refractivity contribution in [3.8, 4) is 0 Å². The van der Waals surface area contributed by atoms with Crippen LogP contribution in [-0.2, 0) is 0 Å². The van der Waals surface area contributed by atoms with E-state index in [1.807, 2.05) is 24.3 Å². The monoisotopic (exact) mass is 310 g/mol. The van der Waals surface area contributed by atoms with Gasteiger partial charge in [0.05, 0.1) is 4.88 Å². The summed E-state index contributed by atoms with van der Waals surface area (Å²) in [6.45, 7) is 4.09. The summed E-state index contributed by atoms with van der Waals surface area (Å²) in [5.41, 5.74) is 6.40. The highest BCUT2D eigenvalue weighted by Crippen LogP contribution is 2.27. The van der Waals surface area contributed by atoms with Crippen molar-refractivity contribution in [2.45, 2.75) is 0 Å². The maximum atomic E-state index is 11.8. The van der Waals surface area contributed by atoms with Gasteiger partial charge in [-0.15, -0.1) is 11.3 Å². The second kappa shape index (κ2) is 4.89. The standard InChI is InChI=1S/C12H11BrN2OS/c1-7(13)6-15-12(16)11-5-8-4-9(14)2-3-10(8)17-11/h2-5H,1,6,14H2,(H,15,16). The summed E-state index contributed by atoms with van der Waals surface area (Å²) >= 11 is 4.65. The number of carbonyl (C=O) groups excluding carboxylic acids is 1. The molecule has 17 heavy (non-hydrogen) atoms. The van der Waals surface area contributed by atoms with E-state index in [4.69, 9.17) is 5.73 Å². The fraction of sp³-hybridized carbons (Fsp3) is 0.0833. The number of nitrogen functional groups attached to an aromatic ring is 1. The van der Waals surface area contributed by atoms with Crippen molar-refractivity contribution in [2.75, 3.05) is 12.3 Å². The molecule has 2 aromatic rings. The van der Waals surface area contributed by atoms with Gasteiger partial charge in [-0.3, -0.25) is 4.79 Å². The van der Waals surface area contributed by atoms with E-state index in [0.717, 1.165) is 14.6 Å². The number of rotatable bonds is 3. The summed E-state index contributed by atoms with van der Waals surface area (Å²) in [4.78, 5) is 12.5. The molecular weight excluding hydrogens is 300 g/mol. The van der Waals surface area contributed by atoms with E-state index in [1.54, 1.807) is 0 Å². The van der Waals surface area contributed by atoms with Crippen molar-refractivity contribution in [1.82, 2.24) is 5.32 Å². The number of thiophene rings is 1. The molecule has 3 nitrogen and oxygen atoms in total. The van der Waals surface area contributed by atoms with Crippen LogP contribution in [0.25, 0.3) is 10.1 Å². The van der Waals surface area contributed by atoms with Gasteiger partial charge >= 0.3 is 0 Å². The molecule has 5 heteroatoms. The summed E-state index contributed by atoms with van der Waals surface area (Å²) in [6.07, 6.45) is 0. The number of anilines is 1. The minimum Gasteiger partial charge on any atom is -0.399 e. The third-order valence-electron chi connectivity index (χ3n) is 2.20. The van der Waals surface area contributed by atoms with Crippen molar-refractivity contribution in [1.29, 1.82) is 0 Å². The van der Waals surface area contributed by atoms with E-state index in [2.05, 4.69) is 27.8 Å². The summed E-state index contributed by atoms with van der Waals surface area (Å²) in [5, 5.41) is 3.77. The van der Waals surface area contributed by atoms with Crippen molar-refractivity contribution in [3.05, 3.63) is 40.2 Å². The van der Waals surface area contributed by atoms with Crippen molar-refractivity contribution < 1.29 is 4.79 Å². The topological polar surface area (TPSA) is 55.1 Å². The second-order valence-electron chi connectivity index (χ2n) is 3.61. The van der Waals surface area contributed by atoms with Gasteiger partial charge in [0.2, 0.25) is 0 Å². The van der Waals surface area contributed by atoms with Crippen molar-refractivity contribution in [3.63, 3.8) is 0 Å². The largest absolute Gasteiger partial charge is 0.399 e. The first-order valence-electron chi connectivity index (χ1n) is 4.97. The van der Waals surface area contributed by atoms with Crippen LogP contribution in [0.3, 0.4) is 0 Å². The normalized spacial score (nSPS) is 10.4. The molecule has 3 N–H and O–H groups in total. The van der Waals surface area contributed by atoms with Crippen LogP contribution >= 0.6 is 27.3 Å². The van der Waals surface area contributed by atoms with E-state index in [-0.39, 0.29) is 5.91 Å². The Kier molecular flexibility index (Phi) is 3.49. The Morgan fingerprint density at radius 2 is 2.24 bits per heavy atom. The van der Waals surface area contributed by atoms with Gasteiger partial charge in [-0.05, 0) is 29.7 Å². The molecule has 0 aliphatic heterocycles. The zero-order chi connectivity index (χ0) is 12.4. The molecule has 1 aromatic carbocycles. The molecule has 0 fully saturated rings. The Labute approximate surface area is 111 Å². The van der Waals surface area contributed by atoms with Gasteiger partial charge in [-0.25, -0.2) is 0 Å². The lowest BCUT2D eigenvalue weighted by molar-refractivity contribution is 0.0962. The molecule has 0 aliphatic rings. The third-order valence-corrected chi connectivity index (χ3v) is 3.60. The van der Waals surface area contributed by atoms with E-state index < -0.39 is 0 Å². The second-order valence-corrected chi connectivity index (χ2v) is 5.81. The first kappa shape index (κ1) is 12.1. The summed E-state index contributed by atoms with van der Waals surface area (Å²) in [6, 6.07) is 7.48. The highest BCUT2D eigenvalue weighted by molar-refractivity contribution is 9.11. The molecule has 0 radical (unpaired) electrons. The molecule has 2 rings (SSSR count). The van der Waals surface area contributed by atoms with Gasteiger partial charge < -0.3 is 11.1 Å². The maximum absolute atomic E-state index is 11.8. The zero-order valence-corrected chi connectivity index (χ0v) is 11.4. The fourth-order valence-electron chi connectivity index (χ4n) is 1.44. The average molecular weight is 311 g/mol. The molecule has 0 saturated carbocycles. The molecule has 0 bridgehead atoms. The Hall–Kier alpha value is -1.33. The van der Waals surface area contributed by atoms with Gasteiger partial charge in [-0.1, -0.05) is 22.5 Å². The lowest BCUT2D eigenvalue weighted by Gasteiger charge is -2.00. The minimum atomic E-state index is -0.0922. The SMILES string of the molecule is C=C(Br)CNC(=O)c1cc2cc(N)ccc2s1. The van der Waals surface area contributed by atoms with E-state index in [1.165, 1.54) is 11.3 Å². The number of hydrogen-bond acceptors (Lipinski definition) is 3. The Morgan fingerprint density at radius 1 is 1.47 bits per heavy atom. The van der Waals surface area contributed by atoms with Gasteiger partial charge in [0.25, 0.3) is 5.91 Å². The molecule has 0 atom stereocenters. The van der Waals surface area contributed by atoms with Gasteiger partial charge in [0.1, 0.15) is 0 Å². The van der Waals surface area contributed by atoms with Gasteiger partial charge in [0, 0.05) is 21.4 Å². The van der Waals surface area contributed by atoms with Crippen LogP contribution in [0.2, 0.25) is 0 Å². The summed E-state index contributed by atoms with van der Waals surface area (Å²) in [5.74, 6) is -0.0922. The summed E-state index contributed by atoms with van der Waals surface area (Å²) in [7, 11) is 0. The van der Waals surface area contributed by atoms with Gasteiger partial charge in [0.15, 0.2) is 0 Å². The number of hydrogen-bond donors (Lipinski definition) is 2. The number of halogens is 1. The molecule has 88 valence electrons. The first-order chi connectivity index (χ1) is 8.06. The highest BCUT2D eigenvalue weighted by atomic mass is 79.9. The van der Waals surface area contributed by atoms with Crippen LogP contribution in [0, 0.1) is 0 Å². The average Bonchev–Trinajstić information content (AvgIpc) is 2.68. The van der Waals surface area contributed by atoms with E-state index >= 15 is 0 Å².